The number of hydrogen-bond donors (Lipinski definition) is 0. The number of esters is 1. The van der Waals surface area contributed by atoms with Gasteiger partial charge in [0.2, 0.25) is 0 Å². The van der Waals surface area contributed by atoms with Crippen molar-refractivity contribution in [3.05, 3.63) is 36.0 Å². The normalized spacial score (nSPS) is 11.5. The first kappa shape index (κ1) is 16.1. The molecule has 0 fully saturated rings. The molecule has 0 aliphatic heterocycles. The summed E-state index contributed by atoms with van der Waals surface area (Å²) in [5.41, 5.74) is 0.944. The molecule has 2 aromatic rings. The number of aromatic nitrogens is 1. The molecule has 0 aliphatic carbocycles. The van der Waals surface area contributed by atoms with Crippen molar-refractivity contribution in [3.63, 3.8) is 0 Å². The van der Waals surface area contributed by atoms with Crippen molar-refractivity contribution in [1.82, 2.24) is 4.57 Å². The summed E-state index contributed by atoms with van der Waals surface area (Å²) in [7, 11) is 0. The second-order valence-electron chi connectivity index (χ2n) is 6.04. The van der Waals surface area contributed by atoms with Gasteiger partial charge < -0.3 is 9.47 Å². The van der Waals surface area contributed by atoms with E-state index in [2.05, 4.69) is 0 Å². The van der Waals surface area contributed by atoms with Crippen LogP contribution in [-0.2, 0) is 20.9 Å². The molecule has 5 heteroatoms. The molecule has 5 nitrogen and oxygen atoms in total. The molecule has 0 N–H and O–H groups in total. The summed E-state index contributed by atoms with van der Waals surface area (Å²) < 4.78 is 12.0. The Morgan fingerprint density at radius 1 is 1.18 bits per heavy atom. The molecule has 1 aromatic carbocycles. The average molecular weight is 303 g/mol. The van der Waals surface area contributed by atoms with E-state index in [9.17, 15) is 9.59 Å². The lowest BCUT2D eigenvalue weighted by Gasteiger charge is -2.19. The van der Waals surface area contributed by atoms with Gasteiger partial charge in [0.25, 0.3) is 0 Å². The minimum absolute atomic E-state index is 0.142. The van der Waals surface area contributed by atoms with Crippen molar-refractivity contribution in [3.8, 4) is 0 Å². The van der Waals surface area contributed by atoms with Gasteiger partial charge in [-0.1, -0.05) is 25.1 Å². The van der Waals surface area contributed by atoms with Gasteiger partial charge >= 0.3 is 12.1 Å². The third kappa shape index (κ3) is 3.67. The Morgan fingerprint density at radius 2 is 1.86 bits per heavy atom. The molecular formula is C17H21NO4. The van der Waals surface area contributed by atoms with Crippen LogP contribution < -0.4 is 0 Å². The Labute approximate surface area is 129 Å². The molecule has 0 saturated carbocycles. The SMILES string of the molecule is CCC(=O)OCc1cn(C(=O)OC(C)(C)C)c2ccccc12. The maximum absolute atomic E-state index is 12.3. The fourth-order valence-corrected chi connectivity index (χ4v) is 2.09. The number of benzene rings is 1. The van der Waals surface area contributed by atoms with E-state index in [0.29, 0.717) is 6.42 Å². The van der Waals surface area contributed by atoms with Crippen molar-refractivity contribution in [1.29, 1.82) is 0 Å². The van der Waals surface area contributed by atoms with Crippen LogP contribution in [0.1, 0.15) is 39.7 Å². The molecule has 0 saturated heterocycles. The lowest BCUT2D eigenvalue weighted by molar-refractivity contribution is -0.144. The smallest absolute Gasteiger partial charge is 0.419 e. The van der Waals surface area contributed by atoms with Crippen LogP contribution in [0.5, 0.6) is 0 Å². The maximum Gasteiger partial charge on any atom is 0.419 e. The Kier molecular flexibility index (Phi) is 4.54. The Balaban J connectivity index is 2.35. The molecule has 0 bridgehead atoms. The van der Waals surface area contributed by atoms with Crippen LogP contribution in [-0.4, -0.2) is 22.2 Å². The van der Waals surface area contributed by atoms with Gasteiger partial charge in [-0.3, -0.25) is 9.36 Å². The monoisotopic (exact) mass is 303 g/mol. The number of hydrogen-bond acceptors (Lipinski definition) is 4. The molecule has 1 aromatic heterocycles. The van der Waals surface area contributed by atoms with Gasteiger partial charge in [-0.15, -0.1) is 0 Å². The van der Waals surface area contributed by atoms with E-state index in [1.807, 2.05) is 45.0 Å². The van der Waals surface area contributed by atoms with Gasteiger partial charge in [0.15, 0.2) is 0 Å². The molecule has 118 valence electrons. The first-order valence-electron chi connectivity index (χ1n) is 7.29. The third-order valence-corrected chi connectivity index (χ3v) is 3.06. The zero-order chi connectivity index (χ0) is 16.3. The number of nitrogens with zero attached hydrogens (tertiary/aromatic N) is 1. The van der Waals surface area contributed by atoms with E-state index >= 15 is 0 Å². The molecule has 0 spiro atoms. The van der Waals surface area contributed by atoms with Gasteiger partial charge in [-0.05, 0) is 26.8 Å². The molecule has 22 heavy (non-hydrogen) atoms. The van der Waals surface area contributed by atoms with E-state index in [-0.39, 0.29) is 12.6 Å². The summed E-state index contributed by atoms with van der Waals surface area (Å²) in [5, 5.41) is 0.872. The van der Waals surface area contributed by atoms with E-state index in [4.69, 9.17) is 9.47 Å². The van der Waals surface area contributed by atoms with Crippen molar-refractivity contribution in [2.45, 2.75) is 46.3 Å². The van der Waals surface area contributed by atoms with Crippen LogP contribution in [0.3, 0.4) is 0 Å². The number of carbonyl (C=O) groups excluding carboxylic acids is 2. The van der Waals surface area contributed by atoms with Gasteiger partial charge in [0.05, 0.1) is 5.52 Å². The van der Waals surface area contributed by atoms with Gasteiger partial charge in [-0.25, -0.2) is 4.79 Å². The number of fused-ring (bicyclic) bond motifs is 1. The standard InChI is InChI=1S/C17H21NO4/c1-5-15(19)21-11-12-10-18(16(20)22-17(2,3)4)14-9-7-6-8-13(12)14/h6-10H,5,11H2,1-4H3. The summed E-state index contributed by atoms with van der Waals surface area (Å²) in [6.45, 7) is 7.34. The number of carbonyl (C=O) groups is 2. The zero-order valence-electron chi connectivity index (χ0n) is 13.4. The highest BCUT2D eigenvalue weighted by Crippen LogP contribution is 2.23. The van der Waals surface area contributed by atoms with Gasteiger partial charge in [-0.2, -0.15) is 0 Å². The molecule has 0 radical (unpaired) electrons. The van der Waals surface area contributed by atoms with Crippen molar-refractivity contribution in [2.75, 3.05) is 0 Å². The Bertz CT molecular complexity index is 694. The average Bonchev–Trinajstić information content (AvgIpc) is 2.82. The molecule has 1 heterocycles. The van der Waals surface area contributed by atoms with E-state index in [1.54, 1.807) is 13.1 Å². The van der Waals surface area contributed by atoms with Crippen LogP contribution in [0.15, 0.2) is 30.5 Å². The summed E-state index contributed by atoms with van der Waals surface area (Å²) in [6, 6.07) is 7.47. The van der Waals surface area contributed by atoms with Crippen LogP contribution in [0.25, 0.3) is 10.9 Å². The Hall–Kier alpha value is -2.30. The van der Waals surface area contributed by atoms with Crippen LogP contribution >= 0.6 is 0 Å². The third-order valence-electron chi connectivity index (χ3n) is 3.06. The quantitative estimate of drug-likeness (QED) is 0.807. The highest BCUT2D eigenvalue weighted by molar-refractivity contribution is 5.92. The van der Waals surface area contributed by atoms with Crippen LogP contribution in [0, 0.1) is 0 Å². The van der Waals surface area contributed by atoms with Gasteiger partial charge in [0, 0.05) is 23.6 Å². The largest absolute Gasteiger partial charge is 0.461 e. The fraction of sp³-hybridized carbons (Fsp3) is 0.412. The fourth-order valence-electron chi connectivity index (χ4n) is 2.09. The molecule has 0 atom stereocenters. The maximum atomic E-state index is 12.3. The number of ether oxygens (including phenoxy) is 2. The van der Waals surface area contributed by atoms with Crippen LogP contribution in [0.4, 0.5) is 4.79 Å². The van der Waals surface area contributed by atoms with E-state index in [1.165, 1.54) is 4.57 Å². The topological polar surface area (TPSA) is 57.5 Å². The van der Waals surface area contributed by atoms with E-state index < -0.39 is 11.7 Å². The summed E-state index contributed by atoms with van der Waals surface area (Å²) in [6.07, 6.45) is 1.55. The first-order chi connectivity index (χ1) is 10.3. The highest BCUT2D eigenvalue weighted by Gasteiger charge is 2.20. The molecule has 0 amide bonds. The Morgan fingerprint density at radius 3 is 2.50 bits per heavy atom. The summed E-state index contributed by atoms with van der Waals surface area (Å²) in [4.78, 5) is 23.6. The lowest BCUT2D eigenvalue weighted by atomic mass is 10.2. The highest BCUT2D eigenvalue weighted by atomic mass is 16.6. The predicted octanol–water partition coefficient (Wildman–Crippen LogP) is 3.88. The summed E-state index contributed by atoms with van der Waals surface area (Å²) >= 11 is 0. The molecule has 2 rings (SSSR count). The van der Waals surface area contributed by atoms with Crippen molar-refractivity contribution < 1.29 is 19.1 Å². The second kappa shape index (κ2) is 6.22. The van der Waals surface area contributed by atoms with Crippen LogP contribution in [0.2, 0.25) is 0 Å². The molecule has 0 unspecified atom stereocenters. The minimum atomic E-state index is -0.572. The lowest BCUT2D eigenvalue weighted by Crippen LogP contribution is -2.26. The number of para-hydroxylation sites is 1. The molecule has 0 aliphatic rings. The van der Waals surface area contributed by atoms with Crippen molar-refractivity contribution in [2.24, 2.45) is 0 Å². The predicted molar refractivity (Wildman–Crippen MR) is 83.7 cm³/mol. The minimum Gasteiger partial charge on any atom is -0.461 e. The molecular weight excluding hydrogens is 282 g/mol. The summed E-state index contributed by atoms with van der Waals surface area (Å²) in [5.74, 6) is -0.269. The zero-order valence-corrected chi connectivity index (χ0v) is 13.4. The van der Waals surface area contributed by atoms with Crippen molar-refractivity contribution >= 4 is 23.0 Å². The van der Waals surface area contributed by atoms with E-state index in [0.717, 1.165) is 16.5 Å². The number of rotatable bonds is 3. The second-order valence-corrected chi connectivity index (χ2v) is 6.04. The van der Waals surface area contributed by atoms with Gasteiger partial charge in [0.1, 0.15) is 12.2 Å². The first-order valence-corrected chi connectivity index (χ1v) is 7.29.